The van der Waals surface area contributed by atoms with Crippen LogP contribution < -0.4 is 21.5 Å². The summed E-state index contributed by atoms with van der Waals surface area (Å²) in [5, 5.41) is 0. The lowest BCUT2D eigenvalue weighted by Crippen LogP contribution is -3.00. The van der Waals surface area contributed by atoms with Gasteiger partial charge in [0.25, 0.3) is 6.33 Å². The predicted octanol–water partition coefficient (Wildman–Crippen LogP) is 3.26. The summed E-state index contributed by atoms with van der Waals surface area (Å²) in [6.07, 6.45) is 3.63. The van der Waals surface area contributed by atoms with Crippen LogP contribution in [0.25, 0.3) is 33.5 Å². The average molecular weight is 507 g/mol. The first-order valence-corrected chi connectivity index (χ1v) is 11.0. The summed E-state index contributed by atoms with van der Waals surface area (Å²) < 4.78 is 1.81. The molecule has 166 valence electrons. The van der Waals surface area contributed by atoms with E-state index in [4.69, 9.17) is 0 Å². The molecule has 0 unspecified atom stereocenters. The van der Waals surface area contributed by atoms with E-state index in [9.17, 15) is 4.79 Å². The van der Waals surface area contributed by atoms with Crippen LogP contribution in [0.4, 0.5) is 0 Å². The molecular weight excluding hydrogens is 484 g/mol. The maximum absolute atomic E-state index is 12.7. The zero-order chi connectivity index (χ0) is 22.5. The average Bonchev–Trinajstić information content (AvgIpc) is 2.90. The van der Waals surface area contributed by atoms with Crippen LogP contribution in [0.1, 0.15) is 10.4 Å². The third-order valence-electron chi connectivity index (χ3n) is 5.70. The highest BCUT2D eigenvalue weighted by molar-refractivity contribution is 5.95. The monoisotopic (exact) mass is 506 g/mol. The molecule has 0 aliphatic rings. The second-order valence-corrected chi connectivity index (χ2v) is 7.93. The van der Waals surface area contributed by atoms with Gasteiger partial charge in [0.2, 0.25) is 5.78 Å². The molecule has 0 fully saturated rings. The minimum Gasteiger partial charge on any atom is -1.00 e. The number of nitrogens with zero attached hydrogens (tertiary/aromatic N) is 2. The summed E-state index contributed by atoms with van der Waals surface area (Å²) in [6.45, 7) is 0.255. The number of halogens is 1. The van der Waals surface area contributed by atoms with Crippen molar-refractivity contribution < 1.29 is 26.3 Å². The fraction of sp³-hybridized carbons (Fsp3) is 0.0333. The number of carbonyl (C=O) groups is 1. The molecule has 0 amide bonds. The van der Waals surface area contributed by atoms with Gasteiger partial charge in [-0.1, -0.05) is 97.1 Å². The number of Topliss-reactive ketones (excluding diaryl/α,β-unsaturated/α-hetero) is 1. The Morgan fingerprint density at radius 3 is 1.56 bits per heavy atom. The van der Waals surface area contributed by atoms with E-state index in [0.29, 0.717) is 5.56 Å². The SMILES string of the molecule is O=C(C[n+]1ccc(-c2ccc(-c3ccccc3)cc2)nc1)c1ccc(-c2ccccc2)cc1.[Br-]. The Morgan fingerprint density at radius 2 is 1.06 bits per heavy atom. The van der Waals surface area contributed by atoms with E-state index < -0.39 is 0 Å². The van der Waals surface area contributed by atoms with Crippen LogP contribution in [0.3, 0.4) is 0 Å². The van der Waals surface area contributed by atoms with Crippen molar-refractivity contribution in [3.63, 3.8) is 0 Å². The summed E-state index contributed by atoms with van der Waals surface area (Å²) in [5.74, 6) is 0.0568. The van der Waals surface area contributed by atoms with E-state index in [1.165, 1.54) is 11.1 Å². The second kappa shape index (κ2) is 10.8. The van der Waals surface area contributed by atoms with Gasteiger partial charge in [0.15, 0.2) is 12.2 Å². The van der Waals surface area contributed by atoms with Gasteiger partial charge in [0.05, 0.1) is 6.20 Å². The first-order valence-electron chi connectivity index (χ1n) is 11.0. The van der Waals surface area contributed by atoms with E-state index in [1.807, 2.05) is 77.5 Å². The maximum Gasteiger partial charge on any atom is 0.287 e. The smallest absolute Gasteiger partial charge is 0.287 e. The van der Waals surface area contributed by atoms with Gasteiger partial charge in [-0.25, -0.2) is 4.57 Å². The Morgan fingerprint density at radius 1 is 0.588 bits per heavy atom. The summed E-state index contributed by atoms with van der Waals surface area (Å²) in [5.41, 5.74) is 7.23. The number of carbonyl (C=O) groups excluding carboxylic acids is 1. The van der Waals surface area contributed by atoms with Crippen LogP contribution in [-0.4, -0.2) is 10.8 Å². The van der Waals surface area contributed by atoms with Crippen molar-refractivity contribution in [1.29, 1.82) is 0 Å². The Kier molecular flexibility index (Phi) is 7.41. The van der Waals surface area contributed by atoms with Crippen molar-refractivity contribution in [2.24, 2.45) is 0 Å². The molecule has 0 radical (unpaired) electrons. The van der Waals surface area contributed by atoms with Gasteiger partial charge < -0.3 is 17.0 Å². The Labute approximate surface area is 210 Å². The van der Waals surface area contributed by atoms with Gasteiger partial charge in [0, 0.05) is 17.2 Å². The van der Waals surface area contributed by atoms with E-state index in [2.05, 4.69) is 53.5 Å². The molecule has 3 nitrogen and oxygen atoms in total. The van der Waals surface area contributed by atoms with E-state index in [-0.39, 0.29) is 29.3 Å². The number of hydrogen-bond acceptors (Lipinski definition) is 2. The molecule has 0 saturated carbocycles. The van der Waals surface area contributed by atoms with Crippen LogP contribution in [0.15, 0.2) is 128 Å². The molecule has 0 spiro atoms. The molecule has 0 atom stereocenters. The van der Waals surface area contributed by atoms with Crippen molar-refractivity contribution in [3.05, 3.63) is 133 Å². The number of rotatable bonds is 6. The minimum absolute atomic E-state index is 0. The molecule has 0 N–H and O–H groups in total. The lowest BCUT2D eigenvalue weighted by molar-refractivity contribution is -0.686. The number of ketones is 1. The van der Waals surface area contributed by atoms with Crippen molar-refractivity contribution in [1.82, 2.24) is 4.98 Å². The van der Waals surface area contributed by atoms with Gasteiger partial charge in [-0.3, -0.25) is 4.79 Å². The number of aromatic nitrogens is 2. The zero-order valence-corrected chi connectivity index (χ0v) is 20.1. The molecule has 5 rings (SSSR count). The second-order valence-electron chi connectivity index (χ2n) is 7.93. The Hall–Kier alpha value is -3.89. The topological polar surface area (TPSA) is 33.8 Å². The van der Waals surface area contributed by atoms with Gasteiger partial charge in [-0.2, -0.15) is 0 Å². The first-order chi connectivity index (χ1) is 16.3. The molecular formula is C30H23BrN2O. The van der Waals surface area contributed by atoms with Gasteiger partial charge in [-0.15, -0.1) is 0 Å². The summed E-state index contributed by atoms with van der Waals surface area (Å²) >= 11 is 0. The third kappa shape index (κ3) is 5.36. The summed E-state index contributed by atoms with van der Waals surface area (Å²) in [4.78, 5) is 17.3. The van der Waals surface area contributed by atoms with Gasteiger partial charge in [-0.05, 0) is 39.4 Å². The van der Waals surface area contributed by atoms with Crippen LogP contribution in [0.5, 0.6) is 0 Å². The fourth-order valence-electron chi connectivity index (χ4n) is 3.85. The highest BCUT2D eigenvalue weighted by Crippen LogP contribution is 2.23. The summed E-state index contributed by atoms with van der Waals surface area (Å²) in [7, 11) is 0. The third-order valence-corrected chi connectivity index (χ3v) is 5.70. The van der Waals surface area contributed by atoms with Crippen LogP contribution >= 0.6 is 0 Å². The van der Waals surface area contributed by atoms with Crippen LogP contribution in [-0.2, 0) is 6.54 Å². The molecule has 0 aliphatic carbocycles. The Bertz CT molecular complexity index is 1350. The summed E-state index contributed by atoms with van der Waals surface area (Å²) in [6, 6.07) is 38.5. The molecule has 0 bridgehead atoms. The van der Waals surface area contributed by atoms with E-state index >= 15 is 0 Å². The van der Waals surface area contributed by atoms with E-state index in [0.717, 1.165) is 22.4 Å². The normalized spacial score (nSPS) is 10.4. The number of benzene rings is 4. The van der Waals surface area contributed by atoms with Gasteiger partial charge in [0.1, 0.15) is 0 Å². The molecule has 0 saturated heterocycles. The molecule has 1 heterocycles. The molecule has 0 aliphatic heterocycles. The molecule has 4 heteroatoms. The van der Waals surface area contributed by atoms with Crippen LogP contribution in [0.2, 0.25) is 0 Å². The van der Waals surface area contributed by atoms with E-state index in [1.54, 1.807) is 6.33 Å². The number of hydrogen-bond donors (Lipinski definition) is 0. The maximum atomic E-state index is 12.7. The minimum atomic E-state index is 0. The van der Waals surface area contributed by atoms with Crippen molar-refractivity contribution in [2.45, 2.75) is 6.54 Å². The predicted molar refractivity (Wildman–Crippen MR) is 132 cm³/mol. The van der Waals surface area contributed by atoms with Crippen molar-refractivity contribution >= 4 is 5.78 Å². The molecule has 5 aromatic rings. The lowest BCUT2D eigenvalue weighted by Gasteiger charge is -2.04. The lowest BCUT2D eigenvalue weighted by atomic mass is 10.0. The quantitative estimate of drug-likeness (QED) is 0.261. The highest BCUT2D eigenvalue weighted by Gasteiger charge is 2.12. The molecule has 34 heavy (non-hydrogen) atoms. The van der Waals surface area contributed by atoms with Crippen molar-refractivity contribution in [3.8, 4) is 33.5 Å². The van der Waals surface area contributed by atoms with Crippen LogP contribution in [0, 0.1) is 0 Å². The molecule has 4 aromatic carbocycles. The standard InChI is InChI=1S/C30H23N2O.BrH/c33-30(28-17-13-26(14-18-28)24-9-5-2-6-10-24)21-32-20-19-29(31-22-32)27-15-11-25(12-16-27)23-7-3-1-4-8-23;/h1-20,22H,21H2;1H/q+1;/p-1. The fourth-order valence-corrected chi connectivity index (χ4v) is 3.85. The Balaban J connectivity index is 0.00000274. The highest BCUT2D eigenvalue weighted by atomic mass is 79.9. The van der Waals surface area contributed by atoms with Crippen molar-refractivity contribution in [2.75, 3.05) is 0 Å². The van der Waals surface area contributed by atoms with Gasteiger partial charge >= 0.3 is 0 Å². The zero-order valence-electron chi connectivity index (χ0n) is 18.5. The molecule has 1 aromatic heterocycles. The largest absolute Gasteiger partial charge is 1.00 e. The first kappa shape index (κ1) is 23.3.